The number of benzene rings is 1. The number of nitrogens with zero attached hydrogens (tertiary/aromatic N) is 4. The van der Waals surface area contributed by atoms with Crippen LogP contribution in [0.2, 0.25) is 5.02 Å². The maximum atomic E-state index is 12.7. The Morgan fingerprint density at radius 3 is 2.77 bits per heavy atom. The predicted octanol–water partition coefficient (Wildman–Crippen LogP) is 3.74. The molecule has 0 aliphatic rings. The Balaban J connectivity index is 1.49. The van der Waals surface area contributed by atoms with Gasteiger partial charge in [0.2, 0.25) is 0 Å². The first-order valence-corrected chi connectivity index (χ1v) is 10.2. The van der Waals surface area contributed by atoms with E-state index in [0.29, 0.717) is 29.5 Å². The molecule has 0 aliphatic heterocycles. The normalized spacial score (nSPS) is 11.1. The SMILES string of the molecule is Cc1cc(N)nc(C)c1CNC(=O)c1cn(C)c(Cc2ccc3ncc(Cl)cc3c2)n1. The van der Waals surface area contributed by atoms with Crippen LogP contribution in [0.25, 0.3) is 10.9 Å². The smallest absolute Gasteiger partial charge is 0.271 e. The number of aromatic nitrogens is 4. The molecule has 31 heavy (non-hydrogen) atoms. The Hall–Kier alpha value is -3.45. The molecule has 0 atom stereocenters. The first kappa shape index (κ1) is 20.8. The van der Waals surface area contributed by atoms with Crippen molar-refractivity contribution in [3.05, 3.63) is 81.7 Å². The summed E-state index contributed by atoms with van der Waals surface area (Å²) in [6.07, 6.45) is 3.97. The van der Waals surface area contributed by atoms with Crippen LogP contribution in [-0.2, 0) is 20.0 Å². The fourth-order valence-electron chi connectivity index (χ4n) is 3.64. The van der Waals surface area contributed by atoms with Crippen molar-refractivity contribution in [2.45, 2.75) is 26.8 Å². The second kappa shape index (κ2) is 8.35. The zero-order valence-corrected chi connectivity index (χ0v) is 18.4. The summed E-state index contributed by atoms with van der Waals surface area (Å²) in [5, 5.41) is 4.50. The zero-order valence-electron chi connectivity index (χ0n) is 17.6. The van der Waals surface area contributed by atoms with E-state index in [9.17, 15) is 4.79 Å². The Labute approximate surface area is 185 Å². The predicted molar refractivity (Wildman–Crippen MR) is 122 cm³/mol. The quantitative estimate of drug-likeness (QED) is 0.498. The summed E-state index contributed by atoms with van der Waals surface area (Å²) in [7, 11) is 1.89. The molecule has 1 aromatic carbocycles. The lowest BCUT2D eigenvalue weighted by Crippen LogP contribution is -2.24. The van der Waals surface area contributed by atoms with Gasteiger partial charge in [0.1, 0.15) is 17.3 Å². The van der Waals surface area contributed by atoms with Crippen LogP contribution in [0.3, 0.4) is 0 Å². The highest BCUT2D eigenvalue weighted by Crippen LogP contribution is 2.20. The maximum absolute atomic E-state index is 12.7. The second-order valence-electron chi connectivity index (χ2n) is 7.62. The topological polar surface area (TPSA) is 98.7 Å². The van der Waals surface area contributed by atoms with Crippen molar-refractivity contribution in [1.82, 2.24) is 24.8 Å². The van der Waals surface area contributed by atoms with E-state index in [-0.39, 0.29) is 5.91 Å². The highest BCUT2D eigenvalue weighted by Gasteiger charge is 2.15. The van der Waals surface area contributed by atoms with Crippen molar-refractivity contribution in [1.29, 1.82) is 0 Å². The van der Waals surface area contributed by atoms with Gasteiger partial charge in [-0.05, 0) is 54.8 Å². The van der Waals surface area contributed by atoms with Gasteiger partial charge >= 0.3 is 0 Å². The minimum absolute atomic E-state index is 0.230. The van der Waals surface area contributed by atoms with Crippen LogP contribution >= 0.6 is 11.6 Å². The molecule has 4 aromatic rings. The first-order chi connectivity index (χ1) is 14.8. The molecule has 0 bridgehead atoms. The molecule has 0 aliphatic carbocycles. The molecule has 158 valence electrons. The largest absolute Gasteiger partial charge is 0.384 e. The molecule has 4 rings (SSSR count). The van der Waals surface area contributed by atoms with Crippen LogP contribution in [0, 0.1) is 13.8 Å². The number of hydrogen-bond acceptors (Lipinski definition) is 5. The molecule has 0 fully saturated rings. The number of nitrogen functional groups attached to an aromatic ring is 1. The second-order valence-corrected chi connectivity index (χ2v) is 8.06. The van der Waals surface area contributed by atoms with E-state index < -0.39 is 0 Å². The van der Waals surface area contributed by atoms with Gasteiger partial charge in [-0.15, -0.1) is 0 Å². The molecule has 8 heteroatoms. The number of aryl methyl sites for hydroxylation is 3. The summed E-state index contributed by atoms with van der Waals surface area (Å²) in [4.78, 5) is 25.8. The molecule has 7 nitrogen and oxygen atoms in total. The number of hydrogen-bond donors (Lipinski definition) is 2. The molecular weight excluding hydrogens is 412 g/mol. The molecule has 1 amide bonds. The molecular formula is C23H23ClN6O. The van der Waals surface area contributed by atoms with Gasteiger partial charge in [-0.2, -0.15) is 0 Å². The van der Waals surface area contributed by atoms with E-state index in [0.717, 1.165) is 39.1 Å². The number of pyridine rings is 2. The molecule has 0 radical (unpaired) electrons. The van der Waals surface area contributed by atoms with Crippen LogP contribution < -0.4 is 11.1 Å². The van der Waals surface area contributed by atoms with E-state index in [4.69, 9.17) is 17.3 Å². The van der Waals surface area contributed by atoms with Gasteiger partial charge in [0.25, 0.3) is 5.91 Å². The van der Waals surface area contributed by atoms with E-state index in [1.165, 1.54) is 0 Å². The van der Waals surface area contributed by atoms with Crippen LogP contribution in [0.4, 0.5) is 5.82 Å². The summed E-state index contributed by atoms with van der Waals surface area (Å²) >= 11 is 6.06. The number of imidazole rings is 1. The monoisotopic (exact) mass is 434 g/mol. The molecule has 3 heterocycles. The van der Waals surface area contributed by atoms with Gasteiger partial charge in [-0.1, -0.05) is 17.7 Å². The van der Waals surface area contributed by atoms with E-state index in [2.05, 4.69) is 20.3 Å². The summed E-state index contributed by atoms with van der Waals surface area (Å²) in [6, 6.07) is 9.71. The summed E-state index contributed by atoms with van der Waals surface area (Å²) in [5.74, 6) is 1.04. The number of anilines is 1. The Morgan fingerprint density at radius 1 is 1.19 bits per heavy atom. The van der Waals surface area contributed by atoms with Crippen LogP contribution in [0.5, 0.6) is 0 Å². The zero-order chi connectivity index (χ0) is 22.1. The lowest BCUT2D eigenvalue weighted by atomic mass is 10.1. The fraction of sp³-hybridized carbons (Fsp3) is 0.217. The summed E-state index contributed by atoms with van der Waals surface area (Å²) in [6.45, 7) is 4.21. The maximum Gasteiger partial charge on any atom is 0.271 e. The number of carbonyl (C=O) groups excluding carboxylic acids is 1. The Kier molecular flexibility index (Phi) is 5.61. The Morgan fingerprint density at radius 2 is 2.00 bits per heavy atom. The number of fused-ring (bicyclic) bond motifs is 1. The number of halogens is 1. The number of amides is 1. The number of nitrogens with two attached hydrogens (primary N) is 1. The number of nitrogens with one attached hydrogen (secondary N) is 1. The van der Waals surface area contributed by atoms with Crippen molar-refractivity contribution in [3.63, 3.8) is 0 Å². The molecule has 0 saturated carbocycles. The summed E-state index contributed by atoms with van der Waals surface area (Å²) in [5.41, 5.74) is 10.9. The van der Waals surface area contributed by atoms with E-state index >= 15 is 0 Å². The van der Waals surface area contributed by atoms with Gasteiger partial charge in [-0.3, -0.25) is 9.78 Å². The first-order valence-electron chi connectivity index (χ1n) is 9.87. The minimum atomic E-state index is -0.230. The van der Waals surface area contributed by atoms with E-state index in [1.54, 1.807) is 18.5 Å². The molecule has 0 unspecified atom stereocenters. The van der Waals surface area contributed by atoms with Crippen LogP contribution in [0.15, 0.2) is 42.7 Å². The lowest BCUT2D eigenvalue weighted by molar-refractivity contribution is 0.0946. The van der Waals surface area contributed by atoms with Crippen molar-refractivity contribution < 1.29 is 4.79 Å². The lowest BCUT2D eigenvalue weighted by Gasteiger charge is -2.10. The van der Waals surface area contributed by atoms with Crippen LogP contribution in [0.1, 0.15) is 38.7 Å². The summed E-state index contributed by atoms with van der Waals surface area (Å²) < 4.78 is 1.87. The molecule has 0 spiro atoms. The van der Waals surface area contributed by atoms with Gasteiger partial charge in [0.05, 0.1) is 10.5 Å². The standard InChI is InChI=1S/C23H23ClN6O/c1-13-6-21(25)28-14(2)18(13)11-27-23(31)20-12-30(3)22(29-20)8-15-4-5-19-16(7-15)9-17(24)10-26-19/h4-7,9-10,12H,8,11H2,1-3H3,(H2,25,28)(H,27,31). The van der Waals surface area contributed by atoms with Crippen molar-refractivity contribution in [2.24, 2.45) is 7.05 Å². The van der Waals surface area contributed by atoms with Gasteiger partial charge in [-0.25, -0.2) is 9.97 Å². The molecule has 3 aromatic heterocycles. The highest BCUT2D eigenvalue weighted by molar-refractivity contribution is 6.31. The van der Waals surface area contributed by atoms with E-state index in [1.807, 2.05) is 49.7 Å². The third-order valence-corrected chi connectivity index (χ3v) is 5.49. The van der Waals surface area contributed by atoms with Gasteiger partial charge < -0.3 is 15.6 Å². The number of rotatable bonds is 5. The van der Waals surface area contributed by atoms with Crippen molar-refractivity contribution in [2.75, 3.05) is 5.73 Å². The minimum Gasteiger partial charge on any atom is -0.384 e. The van der Waals surface area contributed by atoms with Gasteiger partial charge in [0.15, 0.2) is 0 Å². The Bertz CT molecular complexity index is 1270. The molecule has 3 N–H and O–H groups in total. The average Bonchev–Trinajstić information content (AvgIpc) is 3.07. The molecule has 0 saturated heterocycles. The van der Waals surface area contributed by atoms with Crippen molar-refractivity contribution >= 4 is 34.2 Å². The van der Waals surface area contributed by atoms with Crippen molar-refractivity contribution in [3.8, 4) is 0 Å². The number of carbonyl (C=O) groups is 1. The third kappa shape index (κ3) is 4.51. The van der Waals surface area contributed by atoms with Gasteiger partial charge in [0, 0.05) is 43.5 Å². The third-order valence-electron chi connectivity index (χ3n) is 5.28. The average molecular weight is 435 g/mol. The highest BCUT2D eigenvalue weighted by atomic mass is 35.5. The fourth-order valence-corrected chi connectivity index (χ4v) is 3.81. The van der Waals surface area contributed by atoms with Crippen LogP contribution in [-0.4, -0.2) is 25.4 Å².